The van der Waals surface area contributed by atoms with Gasteiger partial charge in [-0.1, -0.05) is 48.5 Å². The summed E-state index contributed by atoms with van der Waals surface area (Å²) in [6.45, 7) is 3.95. The van der Waals surface area contributed by atoms with Gasteiger partial charge < -0.3 is 24.7 Å². The van der Waals surface area contributed by atoms with Gasteiger partial charge in [0.1, 0.15) is 11.6 Å². The summed E-state index contributed by atoms with van der Waals surface area (Å²) < 4.78 is 26.5. The molecule has 11 heteroatoms. The van der Waals surface area contributed by atoms with E-state index in [1.54, 1.807) is 50.4 Å². The molecule has 1 aliphatic heterocycles. The predicted molar refractivity (Wildman–Crippen MR) is 166 cm³/mol. The van der Waals surface area contributed by atoms with Gasteiger partial charge in [-0.3, -0.25) is 4.79 Å². The number of nitrogens with zero attached hydrogens (tertiary/aromatic N) is 2. The summed E-state index contributed by atoms with van der Waals surface area (Å²) in [5.74, 6) is -0.819. The Bertz CT molecular complexity index is 1730. The molecule has 0 aliphatic carbocycles. The van der Waals surface area contributed by atoms with Crippen LogP contribution in [0.1, 0.15) is 36.6 Å². The van der Waals surface area contributed by atoms with E-state index in [1.165, 1.54) is 12.1 Å². The maximum absolute atomic E-state index is 13.3. The third kappa shape index (κ3) is 6.90. The second kappa shape index (κ2) is 13.3. The quantitative estimate of drug-likeness (QED) is 0.105. The van der Waals surface area contributed by atoms with E-state index in [1.807, 2.05) is 41.1 Å². The number of benzene rings is 3. The number of para-hydroxylation sites is 2. The number of hydrogen-bond donors (Lipinski definition) is 3. The molecule has 1 aliphatic rings. The summed E-state index contributed by atoms with van der Waals surface area (Å²) in [6.07, 6.45) is 3.51. The normalized spacial score (nSPS) is 14.9. The lowest BCUT2D eigenvalue weighted by Gasteiger charge is -2.30. The number of esters is 1. The van der Waals surface area contributed by atoms with Gasteiger partial charge in [-0.25, -0.2) is 14.6 Å². The molecular formula is C32H30FN5O4S. The van der Waals surface area contributed by atoms with Crippen molar-refractivity contribution in [3.05, 3.63) is 113 Å². The van der Waals surface area contributed by atoms with Crippen molar-refractivity contribution in [2.24, 2.45) is 5.10 Å². The van der Waals surface area contributed by atoms with Crippen molar-refractivity contribution in [2.45, 2.75) is 26.4 Å². The number of carbonyl (C=O) groups excluding carboxylic acids is 2. The monoisotopic (exact) mass is 599 g/mol. The van der Waals surface area contributed by atoms with Crippen molar-refractivity contribution in [2.75, 3.05) is 13.2 Å². The molecule has 1 amide bonds. The zero-order valence-corrected chi connectivity index (χ0v) is 24.4. The van der Waals surface area contributed by atoms with Gasteiger partial charge in [-0.2, -0.15) is 5.10 Å². The second-order valence-corrected chi connectivity index (χ2v) is 10.2. The van der Waals surface area contributed by atoms with Crippen molar-refractivity contribution in [1.82, 2.24) is 20.6 Å². The van der Waals surface area contributed by atoms with Crippen molar-refractivity contribution in [3.63, 3.8) is 0 Å². The molecule has 1 atom stereocenters. The highest BCUT2D eigenvalue weighted by atomic mass is 32.1. The number of nitrogens with one attached hydrogen (secondary N) is 3. The summed E-state index contributed by atoms with van der Waals surface area (Å²) >= 11 is 5.33. The van der Waals surface area contributed by atoms with E-state index in [0.717, 1.165) is 22.0 Å². The molecule has 9 nitrogen and oxygen atoms in total. The number of rotatable bonds is 10. The van der Waals surface area contributed by atoms with E-state index in [4.69, 9.17) is 21.7 Å². The fraction of sp³-hybridized carbons (Fsp3) is 0.188. The number of hydrazone groups is 1. The van der Waals surface area contributed by atoms with Gasteiger partial charge in [0.15, 0.2) is 11.7 Å². The standard InChI is InChI=1S/C32H30FN5O4S/c1-3-41-31(40)29-20(2)35-32(43)36-30(29)25-9-5-7-11-27(25)42-19-28(39)37-34-16-22-18-38(26-10-6-4-8-24(22)26)17-21-12-14-23(33)15-13-21/h4-16,18,30H,3,17,19H2,1-2H3,(H,37,39)(H2,35,36,43)/t30-/m0/s1. The molecule has 5 rings (SSSR count). The highest BCUT2D eigenvalue weighted by Crippen LogP contribution is 2.33. The molecule has 0 unspecified atom stereocenters. The molecule has 2 heterocycles. The predicted octanol–water partition coefficient (Wildman–Crippen LogP) is 4.71. The SMILES string of the molecule is CCOC(=O)C1=C(C)NC(=S)N[C@H]1c1ccccc1OCC(=O)NN=Cc1cn(Cc2ccc(F)cc2)c2ccccc12. The largest absolute Gasteiger partial charge is 0.483 e. The van der Waals surface area contributed by atoms with Crippen LogP contribution in [0.3, 0.4) is 0 Å². The van der Waals surface area contributed by atoms with E-state index < -0.39 is 17.9 Å². The molecule has 3 N–H and O–H groups in total. The number of halogens is 1. The Kier molecular flexibility index (Phi) is 9.11. The van der Waals surface area contributed by atoms with Crippen LogP contribution in [0.15, 0.2) is 95.4 Å². The number of carbonyl (C=O) groups is 2. The molecule has 0 spiro atoms. The van der Waals surface area contributed by atoms with Crippen molar-refractivity contribution < 1.29 is 23.5 Å². The van der Waals surface area contributed by atoms with Gasteiger partial charge >= 0.3 is 5.97 Å². The van der Waals surface area contributed by atoms with Gasteiger partial charge in [0.2, 0.25) is 0 Å². The van der Waals surface area contributed by atoms with Crippen molar-refractivity contribution in [1.29, 1.82) is 0 Å². The average molecular weight is 600 g/mol. The molecule has 0 bridgehead atoms. The number of allylic oxidation sites excluding steroid dienone is 1. The van der Waals surface area contributed by atoms with Crippen molar-refractivity contribution in [3.8, 4) is 5.75 Å². The Balaban J connectivity index is 1.27. The maximum atomic E-state index is 13.3. The van der Waals surface area contributed by atoms with Crippen LogP contribution in [0.25, 0.3) is 10.9 Å². The van der Waals surface area contributed by atoms with E-state index in [0.29, 0.717) is 34.2 Å². The Morgan fingerprint density at radius 2 is 1.84 bits per heavy atom. The van der Waals surface area contributed by atoms with Gasteiger partial charge in [0.25, 0.3) is 5.91 Å². The van der Waals surface area contributed by atoms with Crippen LogP contribution in [-0.2, 0) is 20.9 Å². The molecule has 1 aromatic heterocycles. The number of fused-ring (bicyclic) bond motifs is 1. The molecule has 0 saturated carbocycles. The number of aromatic nitrogens is 1. The summed E-state index contributed by atoms with van der Waals surface area (Å²) in [7, 11) is 0. The van der Waals surface area contributed by atoms with E-state index in [-0.39, 0.29) is 19.0 Å². The number of hydrogen-bond acceptors (Lipinski definition) is 6. The summed E-state index contributed by atoms with van der Waals surface area (Å²) in [5.41, 5.74) is 6.84. The Morgan fingerprint density at radius 1 is 1.09 bits per heavy atom. The highest BCUT2D eigenvalue weighted by molar-refractivity contribution is 7.80. The minimum atomic E-state index is -0.627. The lowest BCUT2D eigenvalue weighted by molar-refractivity contribution is -0.139. The fourth-order valence-corrected chi connectivity index (χ4v) is 5.17. The molecule has 0 fully saturated rings. The Labute approximate surface area is 253 Å². The third-order valence-corrected chi connectivity index (χ3v) is 7.05. The van der Waals surface area contributed by atoms with Crippen LogP contribution in [0.2, 0.25) is 0 Å². The molecule has 3 aromatic carbocycles. The number of ether oxygens (including phenoxy) is 2. The summed E-state index contributed by atoms with van der Waals surface area (Å²) in [4.78, 5) is 25.4. The van der Waals surface area contributed by atoms with Crippen LogP contribution < -0.4 is 20.8 Å². The lowest BCUT2D eigenvalue weighted by Crippen LogP contribution is -2.45. The van der Waals surface area contributed by atoms with Crippen LogP contribution in [0.4, 0.5) is 4.39 Å². The van der Waals surface area contributed by atoms with Crippen LogP contribution in [-0.4, -0.2) is 41.0 Å². The zero-order valence-electron chi connectivity index (χ0n) is 23.6. The molecular weight excluding hydrogens is 569 g/mol. The molecule has 0 saturated heterocycles. The van der Waals surface area contributed by atoms with E-state index >= 15 is 0 Å². The number of thiocarbonyl (C=S) groups is 1. The first-order valence-electron chi connectivity index (χ1n) is 13.7. The first-order valence-corrected chi connectivity index (χ1v) is 14.1. The Hall–Kier alpha value is -5.03. The summed E-state index contributed by atoms with van der Waals surface area (Å²) in [6, 6.07) is 20.7. The average Bonchev–Trinajstić information content (AvgIpc) is 3.34. The lowest BCUT2D eigenvalue weighted by atomic mass is 9.95. The van der Waals surface area contributed by atoms with Gasteiger partial charge in [0, 0.05) is 40.5 Å². The molecule has 43 heavy (non-hydrogen) atoms. The minimum Gasteiger partial charge on any atom is -0.483 e. The van der Waals surface area contributed by atoms with Gasteiger partial charge in [-0.05, 0) is 55.9 Å². The summed E-state index contributed by atoms with van der Waals surface area (Å²) in [5, 5.41) is 11.5. The number of amides is 1. The van der Waals surface area contributed by atoms with E-state index in [2.05, 4.69) is 21.2 Å². The maximum Gasteiger partial charge on any atom is 0.338 e. The second-order valence-electron chi connectivity index (χ2n) is 9.77. The minimum absolute atomic E-state index is 0.223. The molecule has 0 radical (unpaired) electrons. The van der Waals surface area contributed by atoms with Crippen LogP contribution in [0.5, 0.6) is 5.75 Å². The van der Waals surface area contributed by atoms with Crippen LogP contribution in [0, 0.1) is 5.82 Å². The topological polar surface area (TPSA) is 106 Å². The van der Waals surface area contributed by atoms with Crippen molar-refractivity contribution >= 4 is 46.3 Å². The first-order chi connectivity index (χ1) is 20.8. The first kappa shape index (κ1) is 29.5. The fourth-order valence-electron chi connectivity index (χ4n) is 4.90. The van der Waals surface area contributed by atoms with Gasteiger partial charge in [-0.15, -0.1) is 0 Å². The molecule has 4 aromatic rings. The Morgan fingerprint density at radius 3 is 2.63 bits per heavy atom. The zero-order chi connectivity index (χ0) is 30.3. The highest BCUT2D eigenvalue weighted by Gasteiger charge is 2.32. The van der Waals surface area contributed by atoms with Gasteiger partial charge in [0.05, 0.1) is 24.4 Å². The third-order valence-electron chi connectivity index (χ3n) is 6.83. The smallest absolute Gasteiger partial charge is 0.338 e. The molecule has 220 valence electrons. The van der Waals surface area contributed by atoms with Crippen LogP contribution >= 0.6 is 12.2 Å². The van der Waals surface area contributed by atoms with E-state index in [9.17, 15) is 14.0 Å².